The quantitative estimate of drug-likeness (QED) is 0.484. The maximum atomic E-state index is 13.3. The number of benzene rings is 1. The van der Waals surface area contributed by atoms with Crippen molar-refractivity contribution in [3.05, 3.63) is 53.3 Å². The SMILES string of the molecule is CC1(C)[C@H](NC(=O)c2ccc(C#CC3CCNCC3)cc2)C(C)(C)[C@H]1Oc1ccc2nnc(C(F)(F)F)n2n1. The minimum absolute atomic E-state index is 0.0184. The van der Waals surface area contributed by atoms with Gasteiger partial charge in [0.25, 0.3) is 11.7 Å². The number of carbonyl (C=O) groups excluding carboxylic acids is 1. The van der Waals surface area contributed by atoms with Gasteiger partial charge in [-0.25, -0.2) is 0 Å². The number of nitrogens with one attached hydrogen (secondary N) is 2. The number of piperidine rings is 1. The Balaban J connectivity index is 1.26. The second-order valence-corrected chi connectivity index (χ2v) is 11.4. The molecule has 8 nitrogen and oxygen atoms in total. The van der Waals surface area contributed by atoms with Gasteiger partial charge >= 0.3 is 6.18 Å². The fraction of sp³-hybridized carbons (Fsp3) is 0.500. The van der Waals surface area contributed by atoms with Gasteiger partial charge in [-0.15, -0.1) is 15.3 Å². The summed E-state index contributed by atoms with van der Waals surface area (Å²) in [5, 5.41) is 17.2. The van der Waals surface area contributed by atoms with Crippen LogP contribution in [0.4, 0.5) is 13.2 Å². The molecule has 0 radical (unpaired) electrons. The highest BCUT2D eigenvalue weighted by molar-refractivity contribution is 5.94. The number of nitrogens with zero attached hydrogens (tertiary/aromatic N) is 4. The van der Waals surface area contributed by atoms with E-state index in [2.05, 4.69) is 37.8 Å². The summed E-state index contributed by atoms with van der Waals surface area (Å²) in [4.78, 5) is 13.1. The monoisotopic (exact) mass is 540 g/mol. The number of amides is 1. The third-order valence-electron chi connectivity index (χ3n) is 7.75. The second-order valence-electron chi connectivity index (χ2n) is 11.4. The van der Waals surface area contributed by atoms with E-state index in [-0.39, 0.29) is 23.5 Å². The number of aromatic nitrogens is 4. The summed E-state index contributed by atoms with van der Waals surface area (Å²) in [6.07, 6.45) is -3.04. The van der Waals surface area contributed by atoms with E-state index in [1.54, 1.807) is 12.1 Å². The Bertz CT molecular complexity index is 1410. The number of carbonyl (C=O) groups is 1. The lowest BCUT2D eigenvalue weighted by Gasteiger charge is -2.62. The molecule has 0 bridgehead atoms. The Hall–Kier alpha value is -3.65. The highest BCUT2D eigenvalue weighted by atomic mass is 19.4. The minimum atomic E-state index is -4.70. The predicted octanol–water partition coefficient (Wildman–Crippen LogP) is 4.11. The lowest BCUT2D eigenvalue weighted by atomic mass is 9.49. The third kappa shape index (κ3) is 5.17. The Morgan fingerprint density at radius 2 is 1.72 bits per heavy atom. The lowest BCUT2D eigenvalue weighted by molar-refractivity contribution is -0.166. The third-order valence-corrected chi connectivity index (χ3v) is 7.75. The van der Waals surface area contributed by atoms with E-state index in [4.69, 9.17) is 4.74 Å². The van der Waals surface area contributed by atoms with Gasteiger partial charge in [0.15, 0.2) is 5.65 Å². The van der Waals surface area contributed by atoms with E-state index in [0.29, 0.717) is 16.0 Å². The van der Waals surface area contributed by atoms with E-state index in [9.17, 15) is 18.0 Å². The van der Waals surface area contributed by atoms with E-state index in [0.717, 1.165) is 31.5 Å². The largest absolute Gasteiger partial charge is 0.472 e. The average molecular weight is 541 g/mol. The Kier molecular flexibility index (Phi) is 6.79. The molecule has 39 heavy (non-hydrogen) atoms. The molecule has 1 aliphatic heterocycles. The molecule has 206 valence electrons. The average Bonchev–Trinajstić information content (AvgIpc) is 3.34. The van der Waals surface area contributed by atoms with Crippen LogP contribution in [0.15, 0.2) is 36.4 Å². The molecule has 2 aromatic heterocycles. The first kappa shape index (κ1) is 26.9. The van der Waals surface area contributed by atoms with Crippen LogP contribution in [0.5, 0.6) is 5.88 Å². The summed E-state index contributed by atoms with van der Waals surface area (Å²) in [5.74, 6) is 5.53. The van der Waals surface area contributed by atoms with Crippen LogP contribution in [0.1, 0.15) is 62.3 Å². The molecule has 0 unspecified atom stereocenters. The van der Waals surface area contributed by atoms with Crippen LogP contribution in [0.25, 0.3) is 5.65 Å². The van der Waals surface area contributed by atoms with Crippen molar-refractivity contribution in [3.8, 4) is 17.7 Å². The molecule has 1 amide bonds. The van der Waals surface area contributed by atoms with Crippen LogP contribution in [0.3, 0.4) is 0 Å². The first-order valence-electron chi connectivity index (χ1n) is 13.0. The number of alkyl halides is 3. The van der Waals surface area contributed by atoms with Crippen molar-refractivity contribution in [1.29, 1.82) is 0 Å². The van der Waals surface area contributed by atoms with Crippen molar-refractivity contribution < 1.29 is 22.7 Å². The maximum Gasteiger partial charge on any atom is 0.453 e. The van der Waals surface area contributed by atoms with Crippen LogP contribution in [-0.2, 0) is 6.18 Å². The zero-order chi connectivity index (χ0) is 28.0. The van der Waals surface area contributed by atoms with Crippen molar-refractivity contribution in [1.82, 2.24) is 30.4 Å². The van der Waals surface area contributed by atoms with Gasteiger partial charge in [0.2, 0.25) is 5.88 Å². The number of ether oxygens (including phenoxy) is 1. The predicted molar refractivity (Wildman–Crippen MR) is 138 cm³/mol. The molecule has 11 heteroatoms. The summed E-state index contributed by atoms with van der Waals surface area (Å²) in [7, 11) is 0. The van der Waals surface area contributed by atoms with Crippen molar-refractivity contribution in [2.45, 2.75) is 58.9 Å². The van der Waals surface area contributed by atoms with Crippen LogP contribution in [0.2, 0.25) is 0 Å². The second kappa shape index (κ2) is 9.83. The summed E-state index contributed by atoms with van der Waals surface area (Å²) < 4.78 is 46.5. The standard InChI is InChI=1S/C28H31F3N6O2/c1-26(2)23(33-22(38)19-9-7-17(8-10-19)5-6-18-13-15-32-16-14-18)27(3,4)24(26)39-21-12-11-20-34-35-25(28(29,30)31)37(20)36-21/h7-12,18,23-24,32H,13-16H2,1-4H3,(H,33,38)/t23-,24-. The highest BCUT2D eigenvalue weighted by Crippen LogP contribution is 2.55. The molecule has 3 aromatic rings. The molecule has 2 N–H and O–H groups in total. The normalized spacial score (nSPS) is 22.4. The lowest BCUT2D eigenvalue weighted by Crippen LogP contribution is -2.74. The summed E-state index contributed by atoms with van der Waals surface area (Å²) >= 11 is 0. The molecule has 0 spiro atoms. The zero-order valence-electron chi connectivity index (χ0n) is 22.3. The number of halogens is 3. The van der Waals surface area contributed by atoms with Crippen LogP contribution in [-0.4, -0.2) is 51.0 Å². The number of hydrogen-bond acceptors (Lipinski definition) is 6. The van der Waals surface area contributed by atoms with Gasteiger partial charge in [-0.3, -0.25) is 4.79 Å². The molecule has 2 aliphatic rings. The van der Waals surface area contributed by atoms with Crippen LogP contribution in [0, 0.1) is 28.6 Å². The summed E-state index contributed by atoms with van der Waals surface area (Å²) in [5.41, 5.74) is 0.300. The van der Waals surface area contributed by atoms with Crippen LogP contribution >= 0.6 is 0 Å². The number of hydrogen-bond donors (Lipinski definition) is 2. The topological polar surface area (TPSA) is 93.4 Å². The van der Waals surface area contributed by atoms with Crippen molar-refractivity contribution in [2.75, 3.05) is 13.1 Å². The molecule has 2 fully saturated rings. The molecule has 1 saturated carbocycles. The molecule has 1 saturated heterocycles. The van der Waals surface area contributed by atoms with Gasteiger partial charge in [-0.1, -0.05) is 39.5 Å². The van der Waals surface area contributed by atoms with E-state index in [1.165, 1.54) is 12.1 Å². The Morgan fingerprint density at radius 1 is 1.05 bits per heavy atom. The minimum Gasteiger partial charge on any atom is -0.472 e. The Morgan fingerprint density at radius 3 is 2.36 bits per heavy atom. The Labute approximate surface area is 224 Å². The summed E-state index contributed by atoms with van der Waals surface area (Å²) in [6, 6.07) is 9.84. The van der Waals surface area contributed by atoms with Gasteiger partial charge in [-0.2, -0.15) is 17.7 Å². The van der Waals surface area contributed by atoms with Gasteiger partial charge in [0, 0.05) is 40.0 Å². The van der Waals surface area contributed by atoms with Crippen LogP contribution < -0.4 is 15.4 Å². The number of fused-ring (bicyclic) bond motifs is 1. The molecule has 1 aliphatic carbocycles. The van der Waals surface area contributed by atoms with Gasteiger partial charge in [-0.05, 0) is 56.3 Å². The van der Waals surface area contributed by atoms with Gasteiger partial charge < -0.3 is 15.4 Å². The van der Waals surface area contributed by atoms with E-state index < -0.39 is 28.9 Å². The molecular formula is C28H31F3N6O2. The van der Waals surface area contributed by atoms with Crippen molar-refractivity contribution in [3.63, 3.8) is 0 Å². The first-order valence-corrected chi connectivity index (χ1v) is 13.0. The maximum absolute atomic E-state index is 13.3. The highest BCUT2D eigenvalue weighted by Gasteiger charge is 2.64. The smallest absolute Gasteiger partial charge is 0.453 e. The van der Waals surface area contributed by atoms with Gasteiger partial charge in [0.1, 0.15) is 6.10 Å². The van der Waals surface area contributed by atoms with Crippen molar-refractivity contribution in [2.24, 2.45) is 16.7 Å². The zero-order valence-corrected chi connectivity index (χ0v) is 22.3. The molecule has 0 atom stereocenters. The fourth-order valence-corrected chi connectivity index (χ4v) is 6.00. The van der Waals surface area contributed by atoms with Gasteiger partial charge in [0.05, 0.1) is 0 Å². The molecular weight excluding hydrogens is 509 g/mol. The first-order chi connectivity index (χ1) is 18.4. The fourth-order valence-electron chi connectivity index (χ4n) is 6.00. The molecule has 5 rings (SSSR count). The van der Waals surface area contributed by atoms with E-state index in [1.807, 2.05) is 39.8 Å². The van der Waals surface area contributed by atoms with Crippen molar-refractivity contribution >= 4 is 11.6 Å². The molecule has 3 heterocycles. The number of rotatable bonds is 4. The summed E-state index contributed by atoms with van der Waals surface area (Å²) in [6.45, 7) is 9.78. The molecule has 1 aromatic carbocycles. The van der Waals surface area contributed by atoms with E-state index >= 15 is 0 Å².